The van der Waals surface area contributed by atoms with Crippen molar-refractivity contribution in [3.8, 4) is 11.3 Å². The second-order valence-corrected chi connectivity index (χ2v) is 5.78. The second-order valence-electron chi connectivity index (χ2n) is 5.78. The molecule has 1 saturated heterocycles. The third kappa shape index (κ3) is 3.56. The number of hydrogen-bond acceptors (Lipinski definition) is 4. The van der Waals surface area contributed by atoms with Crippen LogP contribution in [0.2, 0.25) is 0 Å². The Morgan fingerprint density at radius 3 is 2.55 bits per heavy atom. The van der Waals surface area contributed by atoms with Crippen molar-refractivity contribution in [2.45, 2.75) is 32.6 Å². The number of hydrogen-bond donors (Lipinski definition) is 1. The molecule has 3 rings (SSSR count). The summed E-state index contributed by atoms with van der Waals surface area (Å²) in [6, 6.07) is 12.5. The maximum Gasteiger partial charge on any atom is 0.225 e. The fraction of sp³-hybridized carbons (Fsp3) is 0.444. The van der Waals surface area contributed by atoms with Crippen molar-refractivity contribution in [3.63, 3.8) is 0 Å². The second kappa shape index (κ2) is 7.25. The molecule has 2 aromatic rings. The van der Waals surface area contributed by atoms with E-state index in [4.69, 9.17) is 4.98 Å². The number of anilines is 2. The first-order valence-corrected chi connectivity index (χ1v) is 8.30. The summed E-state index contributed by atoms with van der Waals surface area (Å²) in [5.74, 6) is 1.79. The Kier molecular flexibility index (Phi) is 4.88. The Labute approximate surface area is 132 Å². The van der Waals surface area contributed by atoms with Gasteiger partial charge >= 0.3 is 0 Å². The van der Waals surface area contributed by atoms with Gasteiger partial charge in [0.25, 0.3) is 0 Å². The molecule has 1 fully saturated rings. The van der Waals surface area contributed by atoms with Gasteiger partial charge in [-0.15, -0.1) is 0 Å². The molecule has 0 radical (unpaired) electrons. The standard InChI is InChI=1S/C18H24N4/c1-2-11-19-18-20-16(15-9-5-3-6-10-15)14-17(21-18)22-12-7-4-8-13-22/h3,5-6,9-10,14H,2,4,7-8,11-13H2,1H3,(H,19,20,21). The van der Waals surface area contributed by atoms with E-state index in [9.17, 15) is 0 Å². The van der Waals surface area contributed by atoms with Crippen LogP contribution in [0, 0.1) is 0 Å². The third-order valence-electron chi connectivity index (χ3n) is 4.00. The van der Waals surface area contributed by atoms with Crippen molar-refractivity contribution in [2.24, 2.45) is 0 Å². The third-order valence-corrected chi connectivity index (χ3v) is 4.00. The van der Waals surface area contributed by atoms with Gasteiger partial charge in [-0.25, -0.2) is 4.98 Å². The van der Waals surface area contributed by atoms with Gasteiger partial charge in [-0.2, -0.15) is 4.98 Å². The van der Waals surface area contributed by atoms with Gasteiger partial charge in [0.05, 0.1) is 5.69 Å². The largest absolute Gasteiger partial charge is 0.356 e. The Morgan fingerprint density at radius 1 is 1.05 bits per heavy atom. The smallest absolute Gasteiger partial charge is 0.225 e. The van der Waals surface area contributed by atoms with E-state index in [2.05, 4.69) is 52.5 Å². The molecule has 1 aromatic heterocycles. The SMILES string of the molecule is CCCNc1nc(-c2ccccc2)cc(N2CCCCC2)n1. The molecule has 2 heterocycles. The van der Waals surface area contributed by atoms with Crippen LogP contribution in [0.5, 0.6) is 0 Å². The summed E-state index contributed by atoms with van der Waals surface area (Å²) in [6.45, 7) is 5.24. The lowest BCUT2D eigenvalue weighted by molar-refractivity contribution is 0.573. The monoisotopic (exact) mass is 296 g/mol. The number of nitrogens with zero attached hydrogens (tertiary/aromatic N) is 3. The van der Waals surface area contributed by atoms with Crippen LogP contribution in [0.3, 0.4) is 0 Å². The number of aromatic nitrogens is 2. The number of benzene rings is 1. The molecule has 0 spiro atoms. The van der Waals surface area contributed by atoms with Gasteiger partial charge in [0.15, 0.2) is 0 Å². The van der Waals surface area contributed by atoms with Crippen LogP contribution in [0.15, 0.2) is 36.4 Å². The average Bonchev–Trinajstić information content (AvgIpc) is 2.61. The number of piperidine rings is 1. The van der Waals surface area contributed by atoms with Gasteiger partial charge in [0, 0.05) is 31.3 Å². The van der Waals surface area contributed by atoms with Crippen LogP contribution in [0.25, 0.3) is 11.3 Å². The minimum Gasteiger partial charge on any atom is -0.356 e. The molecule has 1 N–H and O–H groups in total. The molecule has 1 aliphatic rings. The predicted molar refractivity (Wildman–Crippen MR) is 92.3 cm³/mol. The maximum atomic E-state index is 4.72. The molecule has 22 heavy (non-hydrogen) atoms. The van der Waals surface area contributed by atoms with Crippen molar-refractivity contribution in [3.05, 3.63) is 36.4 Å². The molecule has 0 aliphatic carbocycles. The highest BCUT2D eigenvalue weighted by molar-refractivity contribution is 5.64. The van der Waals surface area contributed by atoms with Crippen molar-refractivity contribution in [1.82, 2.24) is 9.97 Å². The van der Waals surface area contributed by atoms with Crippen LogP contribution in [0.4, 0.5) is 11.8 Å². The van der Waals surface area contributed by atoms with Gasteiger partial charge in [-0.3, -0.25) is 0 Å². The molecule has 0 unspecified atom stereocenters. The highest BCUT2D eigenvalue weighted by Gasteiger charge is 2.15. The summed E-state index contributed by atoms with van der Waals surface area (Å²) in [5.41, 5.74) is 2.14. The lowest BCUT2D eigenvalue weighted by atomic mass is 10.1. The molecule has 1 aliphatic heterocycles. The Bertz CT molecular complexity index is 591. The molecular weight excluding hydrogens is 272 g/mol. The fourth-order valence-electron chi connectivity index (χ4n) is 2.79. The number of nitrogens with one attached hydrogen (secondary N) is 1. The Hall–Kier alpha value is -2.10. The van der Waals surface area contributed by atoms with E-state index in [0.717, 1.165) is 49.1 Å². The van der Waals surface area contributed by atoms with E-state index in [-0.39, 0.29) is 0 Å². The van der Waals surface area contributed by atoms with Gasteiger partial charge in [0.1, 0.15) is 5.82 Å². The minimum atomic E-state index is 0.740. The molecule has 116 valence electrons. The average molecular weight is 296 g/mol. The van der Waals surface area contributed by atoms with Gasteiger partial charge < -0.3 is 10.2 Å². The molecule has 0 atom stereocenters. The van der Waals surface area contributed by atoms with E-state index in [1.165, 1.54) is 19.3 Å². The Balaban J connectivity index is 1.94. The molecule has 4 heteroatoms. The summed E-state index contributed by atoms with van der Waals surface area (Å²) >= 11 is 0. The van der Waals surface area contributed by atoms with E-state index in [1.807, 2.05) is 6.07 Å². The van der Waals surface area contributed by atoms with Crippen LogP contribution in [-0.2, 0) is 0 Å². The lowest BCUT2D eigenvalue weighted by Gasteiger charge is -2.28. The van der Waals surface area contributed by atoms with E-state index < -0.39 is 0 Å². The molecule has 0 bridgehead atoms. The van der Waals surface area contributed by atoms with Crippen LogP contribution < -0.4 is 10.2 Å². The van der Waals surface area contributed by atoms with Gasteiger partial charge in [-0.05, 0) is 25.7 Å². The quantitative estimate of drug-likeness (QED) is 0.907. The zero-order valence-corrected chi connectivity index (χ0v) is 13.3. The van der Waals surface area contributed by atoms with Crippen LogP contribution in [0.1, 0.15) is 32.6 Å². The molecule has 4 nitrogen and oxygen atoms in total. The van der Waals surface area contributed by atoms with Gasteiger partial charge in [-0.1, -0.05) is 37.3 Å². The number of rotatable bonds is 5. The minimum absolute atomic E-state index is 0.740. The highest BCUT2D eigenvalue weighted by Crippen LogP contribution is 2.25. The van der Waals surface area contributed by atoms with E-state index in [0.29, 0.717) is 0 Å². The summed E-state index contributed by atoms with van der Waals surface area (Å²) < 4.78 is 0. The zero-order valence-electron chi connectivity index (χ0n) is 13.3. The van der Waals surface area contributed by atoms with Crippen LogP contribution >= 0.6 is 0 Å². The summed E-state index contributed by atoms with van der Waals surface area (Å²) in [5, 5.41) is 3.34. The lowest BCUT2D eigenvalue weighted by Crippen LogP contribution is -2.30. The highest BCUT2D eigenvalue weighted by atomic mass is 15.2. The Morgan fingerprint density at radius 2 is 1.82 bits per heavy atom. The van der Waals surface area contributed by atoms with E-state index in [1.54, 1.807) is 0 Å². The topological polar surface area (TPSA) is 41.1 Å². The predicted octanol–water partition coefficient (Wildman–Crippen LogP) is 3.96. The first-order valence-electron chi connectivity index (χ1n) is 8.30. The molecular formula is C18H24N4. The normalized spacial score (nSPS) is 14.9. The van der Waals surface area contributed by atoms with Crippen molar-refractivity contribution >= 4 is 11.8 Å². The van der Waals surface area contributed by atoms with Crippen molar-refractivity contribution in [1.29, 1.82) is 0 Å². The maximum absolute atomic E-state index is 4.72. The van der Waals surface area contributed by atoms with Gasteiger partial charge in [0.2, 0.25) is 5.95 Å². The first-order chi connectivity index (χ1) is 10.9. The molecule has 1 aromatic carbocycles. The molecule has 0 amide bonds. The van der Waals surface area contributed by atoms with Crippen molar-refractivity contribution in [2.75, 3.05) is 29.9 Å². The van der Waals surface area contributed by atoms with E-state index >= 15 is 0 Å². The zero-order chi connectivity index (χ0) is 15.2. The first kappa shape index (κ1) is 14.8. The fourth-order valence-corrected chi connectivity index (χ4v) is 2.79. The van der Waals surface area contributed by atoms with Crippen molar-refractivity contribution < 1.29 is 0 Å². The molecule has 0 saturated carbocycles. The summed E-state index contributed by atoms with van der Waals surface area (Å²) in [6.07, 6.45) is 4.90. The van der Waals surface area contributed by atoms with Crippen LogP contribution in [-0.4, -0.2) is 29.6 Å². The summed E-state index contributed by atoms with van der Waals surface area (Å²) in [7, 11) is 0. The summed E-state index contributed by atoms with van der Waals surface area (Å²) in [4.78, 5) is 11.8.